The van der Waals surface area contributed by atoms with Crippen LogP contribution in [-0.2, 0) is 6.42 Å². The van der Waals surface area contributed by atoms with E-state index in [0.717, 1.165) is 0 Å². The van der Waals surface area contributed by atoms with Crippen LogP contribution in [0.25, 0.3) is 0 Å². The van der Waals surface area contributed by atoms with Crippen LogP contribution in [0.5, 0.6) is 0 Å². The van der Waals surface area contributed by atoms with Gasteiger partial charge in [0.1, 0.15) is 0 Å². The van der Waals surface area contributed by atoms with Crippen molar-refractivity contribution in [3.63, 3.8) is 0 Å². The van der Waals surface area contributed by atoms with Gasteiger partial charge in [0.15, 0.2) is 0 Å². The monoisotopic (exact) mass is 198 g/mol. The van der Waals surface area contributed by atoms with E-state index in [1.165, 1.54) is 23.1 Å². The van der Waals surface area contributed by atoms with Crippen molar-refractivity contribution < 1.29 is 0 Å². The van der Waals surface area contributed by atoms with Gasteiger partial charge in [-0.3, -0.25) is 0 Å². The lowest BCUT2D eigenvalue weighted by Gasteiger charge is -1.93. The van der Waals surface area contributed by atoms with Crippen LogP contribution in [0.1, 0.15) is 18.9 Å². The van der Waals surface area contributed by atoms with E-state index in [2.05, 4.69) is 62.1 Å². The summed E-state index contributed by atoms with van der Waals surface area (Å²) < 4.78 is 1.28. The molecule has 0 spiro atoms. The van der Waals surface area contributed by atoms with Crippen molar-refractivity contribution in [1.29, 1.82) is 0 Å². The molecule has 0 amide bonds. The Morgan fingerprint density at radius 3 is 2.25 bits per heavy atom. The van der Waals surface area contributed by atoms with Crippen LogP contribution in [0.3, 0.4) is 0 Å². The number of thiol groups is 1. The summed E-state index contributed by atoms with van der Waals surface area (Å²) in [5.41, 5.74) is 1.44. The van der Waals surface area contributed by atoms with Gasteiger partial charge in [0, 0.05) is 4.70 Å². The van der Waals surface area contributed by atoms with E-state index < -0.39 is 0 Å². The molecule has 12 heavy (non-hydrogen) atoms. The van der Waals surface area contributed by atoms with Gasteiger partial charge in [-0.15, -0.1) is 12.6 Å². The van der Waals surface area contributed by atoms with Crippen molar-refractivity contribution >= 4 is 29.5 Å². The summed E-state index contributed by atoms with van der Waals surface area (Å²) in [7, 11) is 0. The first-order chi connectivity index (χ1) is 5.85. The van der Waals surface area contributed by atoms with Crippen molar-refractivity contribution in [2.45, 2.75) is 19.8 Å². The first-order valence-electron chi connectivity index (χ1n) is 3.97. The molecule has 0 radical (unpaired) electrons. The summed E-state index contributed by atoms with van der Waals surface area (Å²) in [4.78, 5) is 0. The molecule has 0 unspecified atom stereocenters. The number of hydrogen-bond donors (Lipinski definition) is 1. The zero-order valence-corrected chi connectivity index (χ0v) is 8.94. The molecular formula is C10H14S2. The molecule has 0 atom stereocenters. The van der Waals surface area contributed by atoms with Gasteiger partial charge in [-0.2, -0.15) is 0 Å². The number of rotatable bonds is 2. The lowest BCUT2D eigenvalue weighted by Crippen LogP contribution is -1.78. The van der Waals surface area contributed by atoms with Crippen molar-refractivity contribution in [3.8, 4) is 0 Å². The second-order valence-corrected chi connectivity index (χ2v) is 3.18. The van der Waals surface area contributed by atoms with Gasteiger partial charge in [-0.25, -0.2) is 0 Å². The van der Waals surface area contributed by atoms with Gasteiger partial charge in [0.05, 0.1) is 0 Å². The van der Waals surface area contributed by atoms with Crippen LogP contribution < -0.4 is 0 Å². The maximum atomic E-state index is 4.13. The molecule has 0 fully saturated rings. The molecule has 0 heterocycles. The largest absolute Gasteiger partial charge is 0.140 e. The molecule has 0 aliphatic carbocycles. The highest BCUT2D eigenvalue weighted by atomic mass is 32.1. The first kappa shape index (κ1) is 11.7. The van der Waals surface area contributed by atoms with Crippen LogP contribution in [0.2, 0.25) is 0 Å². The Bertz CT molecular complexity index is 194. The third-order valence-electron chi connectivity index (χ3n) is 1.38. The van der Waals surface area contributed by atoms with Crippen molar-refractivity contribution in [1.82, 2.24) is 0 Å². The smallest absolute Gasteiger partial charge is 0.0310 e. The normalized spacial score (nSPS) is 8.17. The quantitative estimate of drug-likeness (QED) is 0.560. The van der Waals surface area contributed by atoms with Crippen molar-refractivity contribution in [2.24, 2.45) is 0 Å². The lowest BCUT2D eigenvalue weighted by atomic mass is 10.1. The van der Waals surface area contributed by atoms with Crippen LogP contribution in [0.4, 0.5) is 0 Å². The Morgan fingerprint density at radius 2 is 1.83 bits per heavy atom. The molecule has 0 nitrogen and oxygen atoms in total. The van der Waals surface area contributed by atoms with E-state index in [-0.39, 0.29) is 0 Å². The summed E-state index contributed by atoms with van der Waals surface area (Å²) in [5.74, 6) is 0. The Hall–Kier alpha value is -0.340. The maximum Gasteiger partial charge on any atom is 0.0310 e. The fourth-order valence-corrected chi connectivity index (χ4v) is 0.933. The Kier molecular flexibility index (Phi) is 8.51. The average molecular weight is 198 g/mol. The third-order valence-corrected chi connectivity index (χ3v) is 1.38. The predicted octanol–water partition coefficient (Wildman–Crippen LogP) is 3.51. The highest BCUT2D eigenvalue weighted by molar-refractivity contribution is 8.08. The molecule has 0 N–H and O–H groups in total. The molecule has 0 bridgehead atoms. The minimum Gasteiger partial charge on any atom is -0.140 e. The number of aryl methyl sites for hydroxylation is 1. The fourth-order valence-electron chi connectivity index (χ4n) is 0.933. The highest BCUT2D eigenvalue weighted by Gasteiger charge is 1.84. The first-order valence-corrected chi connectivity index (χ1v) is 4.95. The Morgan fingerprint density at radius 1 is 1.33 bits per heavy atom. The second kappa shape index (κ2) is 8.75. The zero-order chi connectivity index (χ0) is 9.23. The summed E-state index contributed by atoms with van der Waals surface area (Å²) >= 11 is 7.61. The van der Waals surface area contributed by atoms with E-state index in [4.69, 9.17) is 0 Å². The average Bonchev–Trinajstić information content (AvgIpc) is 2.08. The fraction of sp³-hybridized carbons (Fsp3) is 0.300. The van der Waals surface area contributed by atoms with Gasteiger partial charge >= 0.3 is 0 Å². The highest BCUT2D eigenvalue weighted by Crippen LogP contribution is 2.00. The van der Waals surface area contributed by atoms with Gasteiger partial charge in [0.2, 0.25) is 0 Å². The van der Waals surface area contributed by atoms with E-state index in [1.807, 2.05) is 0 Å². The summed E-state index contributed by atoms with van der Waals surface area (Å²) in [6, 6.07) is 10.6. The van der Waals surface area contributed by atoms with Crippen LogP contribution in [0.15, 0.2) is 30.3 Å². The minimum atomic E-state index is 1.21. The van der Waals surface area contributed by atoms with Gasteiger partial charge in [-0.05, 0) is 12.0 Å². The van der Waals surface area contributed by atoms with E-state index >= 15 is 0 Å². The molecule has 66 valence electrons. The van der Waals surface area contributed by atoms with Gasteiger partial charge in [-0.1, -0.05) is 55.9 Å². The molecule has 1 rings (SSSR count). The minimum absolute atomic E-state index is 1.21. The summed E-state index contributed by atoms with van der Waals surface area (Å²) in [5, 5.41) is 0. The van der Waals surface area contributed by atoms with E-state index in [1.54, 1.807) is 0 Å². The Labute approximate surface area is 85.4 Å². The third kappa shape index (κ3) is 6.38. The standard InChI is InChI=1S/C9H12.CH2S2/c1-2-6-9-7-4-3-5-8-9;2-1-3/h3-5,7-8H,2,6H2,1H3;1H,(H,2,3). The van der Waals surface area contributed by atoms with Crippen molar-refractivity contribution in [3.05, 3.63) is 35.9 Å². The maximum absolute atomic E-state index is 4.13. The molecule has 0 aromatic heterocycles. The zero-order valence-electron chi connectivity index (χ0n) is 7.23. The Balaban J connectivity index is 0.000000354. The molecule has 2 heteroatoms. The molecule has 0 saturated carbocycles. The van der Waals surface area contributed by atoms with Crippen molar-refractivity contribution in [2.75, 3.05) is 0 Å². The number of thiocarbonyl (C=S) groups is 1. The number of hydrogen-bond acceptors (Lipinski definition) is 1. The summed E-state index contributed by atoms with van der Waals surface area (Å²) in [6.45, 7) is 2.20. The number of benzene rings is 1. The molecular weight excluding hydrogens is 184 g/mol. The van der Waals surface area contributed by atoms with Crippen LogP contribution in [0, 0.1) is 0 Å². The van der Waals surface area contributed by atoms with E-state index in [9.17, 15) is 0 Å². The van der Waals surface area contributed by atoms with Crippen LogP contribution >= 0.6 is 24.8 Å². The van der Waals surface area contributed by atoms with Gasteiger partial charge in [0.25, 0.3) is 0 Å². The predicted molar refractivity (Wildman–Crippen MR) is 63.1 cm³/mol. The summed E-state index contributed by atoms with van der Waals surface area (Å²) in [6.07, 6.45) is 2.45. The van der Waals surface area contributed by atoms with E-state index in [0.29, 0.717) is 0 Å². The van der Waals surface area contributed by atoms with Crippen LogP contribution in [-0.4, -0.2) is 4.70 Å². The molecule has 0 saturated heterocycles. The SMILES string of the molecule is CCCc1ccccc1.S=CS. The molecule has 0 aliphatic heterocycles. The topological polar surface area (TPSA) is 0 Å². The van der Waals surface area contributed by atoms with Gasteiger partial charge < -0.3 is 0 Å². The molecule has 1 aromatic carbocycles. The molecule has 1 aromatic rings. The lowest BCUT2D eigenvalue weighted by molar-refractivity contribution is 0.922. The second-order valence-electron chi connectivity index (χ2n) is 2.34. The molecule has 0 aliphatic rings.